The first-order valence-electron chi connectivity index (χ1n) is 5.49. The first kappa shape index (κ1) is 14.2. The Hall–Kier alpha value is -2.24. The van der Waals surface area contributed by atoms with Crippen LogP contribution in [0.3, 0.4) is 0 Å². The minimum Gasteiger partial charge on any atom is -0.312 e. The molecule has 0 unspecified atom stereocenters. The van der Waals surface area contributed by atoms with Crippen LogP contribution in [0.4, 0.5) is 10.0 Å². The van der Waals surface area contributed by atoms with Gasteiger partial charge in [0.1, 0.15) is 11.1 Å². The number of aryl methyl sites for hydroxylation is 1. The maximum Gasteiger partial charge on any atom is 0.324 e. The van der Waals surface area contributed by atoms with E-state index in [1.165, 1.54) is 23.5 Å². The molecule has 0 atom stereocenters. The molecule has 0 fully saturated rings. The van der Waals surface area contributed by atoms with E-state index in [0.29, 0.717) is 10.6 Å². The Morgan fingerprint density at radius 1 is 1.40 bits per heavy atom. The summed E-state index contributed by atoms with van der Waals surface area (Å²) in [6, 6.07) is 4.74. The zero-order chi connectivity index (χ0) is 14.9. The number of nitriles is 1. The normalized spacial score (nSPS) is 10.1. The Balaban J connectivity index is 2.26. The summed E-state index contributed by atoms with van der Waals surface area (Å²) in [5, 5.41) is 22.7. The topological polar surface area (TPSA) is 96.0 Å². The van der Waals surface area contributed by atoms with Crippen molar-refractivity contribution < 1.29 is 9.72 Å². The van der Waals surface area contributed by atoms with E-state index < -0.39 is 10.8 Å². The Morgan fingerprint density at radius 3 is 2.65 bits per heavy atom. The SMILES string of the molecule is Cc1sc(NC(=O)c2ccc([N+](=O)[O-])s2)c(C#N)c1C. The smallest absolute Gasteiger partial charge is 0.312 e. The summed E-state index contributed by atoms with van der Waals surface area (Å²) in [7, 11) is 0. The van der Waals surface area contributed by atoms with Gasteiger partial charge in [0.2, 0.25) is 0 Å². The fourth-order valence-corrected chi connectivity index (χ4v) is 3.28. The Bertz CT molecular complexity index is 740. The standard InChI is InChI=1S/C12H9N3O3S2/c1-6-7(2)19-12(8(6)5-13)14-11(16)9-3-4-10(20-9)15(17)18/h3-4H,1-2H3,(H,14,16). The largest absolute Gasteiger partial charge is 0.324 e. The predicted octanol–water partition coefficient (Wildman–Crippen LogP) is 3.46. The number of rotatable bonds is 3. The molecule has 0 bridgehead atoms. The third-order valence-corrected chi connectivity index (χ3v) is 4.88. The van der Waals surface area contributed by atoms with E-state index in [1.807, 2.05) is 13.8 Å². The van der Waals surface area contributed by atoms with Crippen LogP contribution in [0.25, 0.3) is 0 Å². The molecule has 0 spiro atoms. The van der Waals surface area contributed by atoms with Gasteiger partial charge in [-0.3, -0.25) is 14.9 Å². The van der Waals surface area contributed by atoms with Gasteiger partial charge in [-0.2, -0.15) is 5.26 Å². The van der Waals surface area contributed by atoms with Gasteiger partial charge >= 0.3 is 5.00 Å². The van der Waals surface area contributed by atoms with Crippen molar-refractivity contribution in [1.29, 1.82) is 5.26 Å². The lowest BCUT2D eigenvalue weighted by Gasteiger charge is -2.00. The molecule has 2 rings (SSSR count). The molecule has 8 heteroatoms. The monoisotopic (exact) mass is 307 g/mol. The van der Waals surface area contributed by atoms with Crippen LogP contribution in [-0.2, 0) is 0 Å². The number of nitro groups is 1. The van der Waals surface area contributed by atoms with Crippen LogP contribution in [0.5, 0.6) is 0 Å². The first-order valence-corrected chi connectivity index (χ1v) is 7.13. The molecule has 2 heterocycles. The van der Waals surface area contributed by atoms with Gasteiger partial charge in [0.15, 0.2) is 0 Å². The number of carbonyl (C=O) groups is 1. The van der Waals surface area contributed by atoms with Gasteiger partial charge in [0.25, 0.3) is 5.91 Å². The van der Waals surface area contributed by atoms with Crippen LogP contribution >= 0.6 is 22.7 Å². The second kappa shape index (κ2) is 5.40. The zero-order valence-corrected chi connectivity index (χ0v) is 12.2. The van der Waals surface area contributed by atoms with Gasteiger partial charge in [-0.05, 0) is 25.5 Å². The summed E-state index contributed by atoms with van der Waals surface area (Å²) in [4.78, 5) is 23.3. The van der Waals surface area contributed by atoms with E-state index in [0.717, 1.165) is 21.8 Å². The van der Waals surface area contributed by atoms with Crippen molar-refractivity contribution in [2.75, 3.05) is 5.32 Å². The molecule has 1 amide bonds. The fraction of sp³-hybridized carbons (Fsp3) is 0.167. The number of anilines is 1. The van der Waals surface area contributed by atoms with Crippen molar-refractivity contribution in [3.8, 4) is 6.07 Å². The molecule has 0 aliphatic heterocycles. The highest BCUT2D eigenvalue weighted by atomic mass is 32.1. The van der Waals surface area contributed by atoms with Crippen LogP contribution in [-0.4, -0.2) is 10.8 Å². The second-order valence-electron chi connectivity index (χ2n) is 3.95. The van der Waals surface area contributed by atoms with Crippen molar-refractivity contribution in [1.82, 2.24) is 0 Å². The van der Waals surface area contributed by atoms with Crippen LogP contribution in [0.15, 0.2) is 12.1 Å². The van der Waals surface area contributed by atoms with Gasteiger partial charge < -0.3 is 5.32 Å². The van der Waals surface area contributed by atoms with Crippen molar-refractivity contribution >= 4 is 38.6 Å². The highest BCUT2D eigenvalue weighted by Gasteiger charge is 2.19. The van der Waals surface area contributed by atoms with Crippen LogP contribution in [0.2, 0.25) is 0 Å². The maximum atomic E-state index is 12.0. The molecule has 102 valence electrons. The number of hydrogen-bond acceptors (Lipinski definition) is 6. The van der Waals surface area contributed by atoms with Crippen LogP contribution in [0.1, 0.15) is 25.7 Å². The third kappa shape index (κ3) is 2.54. The highest BCUT2D eigenvalue weighted by molar-refractivity contribution is 7.18. The lowest BCUT2D eigenvalue weighted by molar-refractivity contribution is -0.380. The van der Waals surface area contributed by atoms with Gasteiger partial charge in [0, 0.05) is 10.9 Å². The summed E-state index contributed by atoms with van der Waals surface area (Å²) in [6.45, 7) is 3.68. The van der Waals surface area contributed by atoms with Crippen molar-refractivity contribution in [3.63, 3.8) is 0 Å². The number of nitrogens with zero attached hydrogens (tertiary/aromatic N) is 2. The van der Waals surface area contributed by atoms with Gasteiger partial charge in [-0.15, -0.1) is 11.3 Å². The summed E-state index contributed by atoms with van der Waals surface area (Å²) >= 11 is 2.12. The third-order valence-electron chi connectivity index (χ3n) is 2.72. The average molecular weight is 307 g/mol. The molecule has 0 radical (unpaired) electrons. The summed E-state index contributed by atoms with van der Waals surface area (Å²) in [5.74, 6) is -0.444. The Kier molecular flexibility index (Phi) is 3.83. The number of thiophene rings is 2. The molecule has 0 aliphatic carbocycles. The van der Waals surface area contributed by atoms with Crippen molar-refractivity contribution in [2.45, 2.75) is 13.8 Å². The maximum absolute atomic E-state index is 12.0. The van der Waals surface area contributed by atoms with Crippen LogP contribution in [0, 0.1) is 35.3 Å². The van der Waals surface area contributed by atoms with Crippen molar-refractivity contribution in [3.05, 3.63) is 43.1 Å². The van der Waals surface area contributed by atoms with E-state index in [-0.39, 0.29) is 9.88 Å². The number of carbonyl (C=O) groups excluding carboxylic acids is 1. The van der Waals surface area contributed by atoms with Gasteiger partial charge in [-0.25, -0.2) is 0 Å². The van der Waals surface area contributed by atoms with Crippen molar-refractivity contribution in [2.24, 2.45) is 0 Å². The average Bonchev–Trinajstić information content (AvgIpc) is 2.96. The molecule has 0 aliphatic rings. The Labute approximate surface area is 122 Å². The Morgan fingerprint density at radius 2 is 2.10 bits per heavy atom. The summed E-state index contributed by atoms with van der Waals surface area (Å²) in [5.41, 5.74) is 1.27. The summed E-state index contributed by atoms with van der Waals surface area (Å²) < 4.78 is 0. The molecule has 1 N–H and O–H groups in total. The number of amides is 1. The minimum absolute atomic E-state index is 0.0887. The molecule has 20 heavy (non-hydrogen) atoms. The molecule has 2 aromatic rings. The first-order chi connectivity index (χ1) is 9.43. The second-order valence-corrected chi connectivity index (χ2v) is 6.24. The van der Waals surface area contributed by atoms with E-state index in [9.17, 15) is 14.9 Å². The lowest BCUT2D eigenvalue weighted by Crippen LogP contribution is -2.09. The lowest BCUT2D eigenvalue weighted by atomic mass is 10.2. The number of hydrogen-bond donors (Lipinski definition) is 1. The highest BCUT2D eigenvalue weighted by Crippen LogP contribution is 2.32. The zero-order valence-electron chi connectivity index (χ0n) is 10.6. The van der Waals surface area contributed by atoms with E-state index >= 15 is 0 Å². The van der Waals surface area contributed by atoms with E-state index in [2.05, 4.69) is 11.4 Å². The molecular formula is C12H9N3O3S2. The van der Waals surface area contributed by atoms with Gasteiger partial charge in [-0.1, -0.05) is 11.3 Å². The molecular weight excluding hydrogens is 298 g/mol. The molecule has 0 saturated carbocycles. The molecule has 0 aromatic carbocycles. The minimum atomic E-state index is -0.540. The quantitative estimate of drug-likeness (QED) is 0.693. The summed E-state index contributed by atoms with van der Waals surface area (Å²) in [6.07, 6.45) is 0. The fourth-order valence-electron chi connectivity index (χ4n) is 1.56. The van der Waals surface area contributed by atoms with E-state index in [4.69, 9.17) is 5.26 Å². The van der Waals surface area contributed by atoms with Gasteiger partial charge in [0.05, 0.1) is 15.4 Å². The predicted molar refractivity (Wildman–Crippen MR) is 77.4 cm³/mol. The molecule has 2 aromatic heterocycles. The van der Waals surface area contributed by atoms with Crippen LogP contribution < -0.4 is 5.32 Å². The molecule has 0 saturated heterocycles. The molecule has 6 nitrogen and oxygen atoms in total. The van der Waals surface area contributed by atoms with E-state index in [1.54, 1.807) is 0 Å². The number of nitrogens with one attached hydrogen (secondary N) is 1.